The molecule has 0 amide bonds. The first-order valence-electron chi connectivity index (χ1n) is 13.2. The molecule has 3 fully saturated rings. The number of carbonyl (C=O) groups is 1. The van der Waals surface area contributed by atoms with Crippen LogP contribution in [-0.2, 0) is 9.47 Å². The molecule has 0 spiro atoms. The van der Waals surface area contributed by atoms with Crippen LogP contribution in [0.3, 0.4) is 0 Å². The number of hydrogen-bond acceptors (Lipinski definition) is 3. The Kier molecular flexibility index (Phi) is 7.52. The summed E-state index contributed by atoms with van der Waals surface area (Å²) in [5, 5.41) is 0. The van der Waals surface area contributed by atoms with Crippen molar-refractivity contribution in [2.24, 2.45) is 5.92 Å². The van der Waals surface area contributed by atoms with E-state index in [2.05, 4.69) is 6.08 Å². The summed E-state index contributed by atoms with van der Waals surface area (Å²) >= 11 is 0. The van der Waals surface area contributed by atoms with Crippen molar-refractivity contribution in [3.63, 3.8) is 0 Å². The van der Waals surface area contributed by atoms with E-state index >= 15 is 0 Å². The monoisotopic (exact) mass is 498 g/mol. The second-order valence-electron chi connectivity index (χ2n) is 10.4. The molecule has 6 heteroatoms. The Morgan fingerprint density at radius 3 is 2.19 bits per heavy atom. The van der Waals surface area contributed by atoms with Crippen LogP contribution >= 0.6 is 0 Å². The quantitative estimate of drug-likeness (QED) is 0.231. The van der Waals surface area contributed by atoms with E-state index in [9.17, 15) is 18.0 Å². The molecule has 192 valence electrons. The molecule has 0 bridgehead atoms. The highest BCUT2D eigenvalue weighted by molar-refractivity contribution is 5.90. The molecule has 3 nitrogen and oxygen atoms in total. The van der Waals surface area contributed by atoms with Crippen LogP contribution in [0.15, 0.2) is 42.5 Å². The van der Waals surface area contributed by atoms with Gasteiger partial charge in [0, 0.05) is 5.56 Å². The highest BCUT2D eigenvalue weighted by Gasteiger charge is 2.31. The van der Waals surface area contributed by atoms with Crippen molar-refractivity contribution in [1.29, 1.82) is 0 Å². The van der Waals surface area contributed by atoms with E-state index in [1.54, 1.807) is 18.2 Å². The summed E-state index contributed by atoms with van der Waals surface area (Å²) in [5.74, 6) is -2.45. The van der Waals surface area contributed by atoms with Gasteiger partial charge < -0.3 is 9.47 Å². The van der Waals surface area contributed by atoms with Crippen LogP contribution in [0.25, 0.3) is 0 Å². The van der Waals surface area contributed by atoms with Gasteiger partial charge in [0.15, 0.2) is 11.6 Å². The average molecular weight is 499 g/mol. The molecule has 2 aliphatic carbocycles. The van der Waals surface area contributed by atoms with Crippen LogP contribution in [0.1, 0.15) is 103 Å². The van der Waals surface area contributed by atoms with Crippen molar-refractivity contribution in [2.75, 3.05) is 6.61 Å². The lowest BCUT2D eigenvalue weighted by molar-refractivity contribution is 0.0189. The number of rotatable bonds is 6. The molecule has 5 rings (SSSR count). The summed E-state index contributed by atoms with van der Waals surface area (Å²) in [5.41, 5.74) is 1.55. The molecular weight excluding hydrogens is 465 g/mol. The molecular formula is C30H33F3O3. The van der Waals surface area contributed by atoms with Gasteiger partial charge in [0.25, 0.3) is 0 Å². The van der Waals surface area contributed by atoms with Crippen molar-refractivity contribution in [3.05, 3.63) is 82.2 Å². The predicted octanol–water partition coefficient (Wildman–Crippen LogP) is 7.91. The van der Waals surface area contributed by atoms with Crippen molar-refractivity contribution in [3.8, 4) is 0 Å². The van der Waals surface area contributed by atoms with Crippen molar-refractivity contribution < 1.29 is 27.4 Å². The number of ether oxygens (including phenoxy) is 2. The molecule has 1 heterocycles. The predicted molar refractivity (Wildman–Crippen MR) is 131 cm³/mol. The third kappa shape index (κ3) is 5.39. The van der Waals surface area contributed by atoms with Gasteiger partial charge in [-0.2, -0.15) is 0 Å². The maximum atomic E-state index is 14.9. The summed E-state index contributed by atoms with van der Waals surface area (Å²) in [4.78, 5) is 12.7. The topological polar surface area (TPSA) is 38.8 Å². The van der Waals surface area contributed by atoms with E-state index in [4.69, 9.17) is 9.47 Å². The molecule has 3 aliphatic rings. The Hall–Kier alpha value is -2.60. The van der Waals surface area contributed by atoms with E-state index in [0.717, 1.165) is 44.1 Å². The molecule has 1 unspecified atom stereocenters. The van der Waals surface area contributed by atoms with Crippen molar-refractivity contribution in [1.82, 2.24) is 0 Å². The third-order valence-electron chi connectivity index (χ3n) is 8.13. The number of benzene rings is 2. The van der Waals surface area contributed by atoms with Crippen LogP contribution in [0.4, 0.5) is 13.2 Å². The fourth-order valence-electron chi connectivity index (χ4n) is 5.95. The van der Waals surface area contributed by atoms with Crippen LogP contribution in [0.5, 0.6) is 0 Å². The minimum absolute atomic E-state index is 0.0305. The summed E-state index contributed by atoms with van der Waals surface area (Å²) in [6, 6.07) is 8.25. The normalized spacial score (nSPS) is 28.3. The van der Waals surface area contributed by atoms with Gasteiger partial charge in [0.1, 0.15) is 18.0 Å². The maximum absolute atomic E-state index is 14.9. The van der Waals surface area contributed by atoms with Gasteiger partial charge in [0.2, 0.25) is 0 Å². The lowest BCUT2D eigenvalue weighted by Crippen LogP contribution is -2.25. The highest BCUT2D eigenvalue weighted by atomic mass is 19.2. The van der Waals surface area contributed by atoms with E-state index < -0.39 is 17.6 Å². The summed E-state index contributed by atoms with van der Waals surface area (Å²) in [6.45, 7) is 2.56. The van der Waals surface area contributed by atoms with Crippen LogP contribution in [-0.4, -0.2) is 18.7 Å². The Labute approximate surface area is 210 Å². The van der Waals surface area contributed by atoms with Gasteiger partial charge in [-0.3, -0.25) is 0 Å². The Bertz CT molecular complexity index is 1120. The summed E-state index contributed by atoms with van der Waals surface area (Å²) < 4.78 is 55.0. The highest BCUT2D eigenvalue weighted by Crippen LogP contribution is 2.39. The van der Waals surface area contributed by atoms with Crippen molar-refractivity contribution >= 4 is 5.97 Å². The molecule has 2 aromatic carbocycles. The second kappa shape index (κ2) is 10.8. The van der Waals surface area contributed by atoms with E-state index in [1.165, 1.54) is 6.07 Å². The number of esters is 1. The molecule has 36 heavy (non-hydrogen) atoms. The van der Waals surface area contributed by atoms with Gasteiger partial charge in [-0.1, -0.05) is 30.4 Å². The average Bonchev–Trinajstić information content (AvgIpc) is 3.72. The van der Waals surface area contributed by atoms with Gasteiger partial charge >= 0.3 is 5.97 Å². The second-order valence-corrected chi connectivity index (χ2v) is 10.4. The molecule has 1 atom stereocenters. The Morgan fingerprint density at radius 1 is 0.889 bits per heavy atom. The first kappa shape index (κ1) is 25.1. The standard InChI is InChI=1S/C30H33F3O3/c1-2-3-18-4-6-20(7-5-18)23-14-15-25(29(33)28(23)32)30(34)36-22-11-8-19(9-12-22)21-10-13-24(26(31)16-21)27-17-35-27/h2-3,10,13-16,18-20,22,27H,4-9,11-12,17H2,1H3/b3-2+. The van der Waals surface area contributed by atoms with E-state index in [0.29, 0.717) is 36.5 Å². The molecule has 0 N–H and O–H groups in total. The van der Waals surface area contributed by atoms with E-state index in [1.807, 2.05) is 19.1 Å². The molecule has 0 aromatic heterocycles. The molecule has 2 saturated carbocycles. The summed E-state index contributed by atoms with van der Waals surface area (Å²) in [6.07, 6.45) is 9.93. The van der Waals surface area contributed by atoms with Crippen LogP contribution < -0.4 is 0 Å². The number of allylic oxidation sites excluding steroid dienone is 2. The van der Waals surface area contributed by atoms with Gasteiger partial charge in [-0.15, -0.1) is 0 Å². The maximum Gasteiger partial charge on any atom is 0.341 e. The minimum Gasteiger partial charge on any atom is -0.459 e. The molecule has 1 aliphatic heterocycles. The zero-order valence-corrected chi connectivity index (χ0v) is 20.7. The zero-order valence-electron chi connectivity index (χ0n) is 20.7. The first-order chi connectivity index (χ1) is 17.4. The number of epoxide rings is 1. The largest absolute Gasteiger partial charge is 0.459 e. The van der Waals surface area contributed by atoms with Crippen LogP contribution in [0, 0.1) is 23.4 Å². The van der Waals surface area contributed by atoms with E-state index in [-0.39, 0.29) is 35.4 Å². The minimum atomic E-state index is -1.11. The Balaban J connectivity index is 1.17. The third-order valence-corrected chi connectivity index (χ3v) is 8.13. The number of hydrogen-bond donors (Lipinski definition) is 0. The molecule has 2 aromatic rings. The van der Waals surface area contributed by atoms with Gasteiger partial charge in [-0.05, 0) is 99.3 Å². The van der Waals surface area contributed by atoms with Gasteiger partial charge in [0.05, 0.1) is 12.2 Å². The van der Waals surface area contributed by atoms with Crippen LogP contribution in [0.2, 0.25) is 0 Å². The smallest absolute Gasteiger partial charge is 0.341 e. The lowest BCUT2D eigenvalue weighted by atomic mass is 9.78. The molecule has 1 saturated heterocycles. The zero-order chi connectivity index (χ0) is 25.2. The molecule has 0 radical (unpaired) electrons. The summed E-state index contributed by atoms with van der Waals surface area (Å²) in [7, 11) is 0. The fraction of sp³-hybridized carbons (Fsp3) is 0.500. The Morgan fingerprint density at radius 2 is 1.56 bits per heavy atom. The number of halogens is 3. The lowest BCUT2D eigenvalue weighted by Gasteiger charge is -2.29. The first-order valence-corrected chi connectivity index (χ1v) is 13.2. The SMILES string of the molecule is C/C=C/C1CCC(c2ccc(C(=O)OC3CCC(c4ccc(C5CO5)c(F)c4)CC3)c(F)c2F)CC1. The number of carbonyl (C=O) groups excluding carboxylic acids is 1. The van der Waals surface area contributed by atoms with Gasteiger partial charge in [-0.25, -0.2) is 18.0 Å². The fourth-order valence-corrected chi connectivity index (χ4v) is 5.95. The van der Waals surface area contributed by atoms with Crippen molar-refractivity contribution in [2.45, 2.75) is 82.3 Å².